The van der Waals surface area contributed by atoms with E-state index in [-0.39, 0.29) is 46.6 Å². The maximum absolute atomic E-state index is 13.2. The standard InChI is InChI=1S/C24H33FN2O4S/c25-14-18(15-26)16-31-20-4-6-21(7-5-20)32(29,30)17-23-8-11-24(12-9-23,13-10-23)27-22(28)19-2-1-3-19/h4-7,14,19H,1-3,8-13,15-17,26H2,(H,27,28). The molecule has 4 saturated carbocycles. The molecule has 32 heavy (non-hydrogen) atoms. The third-order valence-electron chi connectivity index (χ3n) is 7.79. The molecule has 0 spiro atoms. The fourth-order valence-corrected chi connectivity index (χ4v) is 7.20. The number of sulfone groups is 1. The van der Waals surface area contributed by atoms with Crippen LogP contribution < -0.4 is 15.8 Å². The predicted molar refractivity (Wildman–Crippen MR) is 121 cm³/mol. The van der Waals surface area contributed by atoms with E-state index in [0.29, 0.717) is 17.7 Å². The summed E-state index contributed by atoms with van der Waals surface area (Å²) in [5.41, 5.74) is 5.40. The van der Waals surface area contributed by atoms with Gasteiger partial charge in [-0.25, -0.2) is 12.8 Å². The average molecular weight is 465 g/mol. The van der Waals surface area contributed by atoms with E-state index in [2.05, 4.69) is 5.32 Å². The van der Waals surface area contributed by atoms with Gasteiger partial charge in [-0.2, -0.15) is 0 Å². The highest BCUT2D eigenvalue weighted by molar-refractivity contribution is 7.91. The van der Waals surface area contributed by atoms with Crippen LogP contribution in [0.3, 0.4) is 0 Å². The Balaban J connectivity index is 1.35. The van der Waals surface area contributed by atoms with Gasteiger partial charge in [-0.15, -0.1) is 0 Å². The topological polar surface area (TPSA) is 98.5 Å². The summed E-state index contributed by atoms with van der Waals surface area (Å²) in [6, 6.07) is 6.30. The SMILES string of the molecule is NCC(=CF)COc1ccc(S(=O)(=O)CC23CCC(NC(=O)C4CCC4)(CC2)CC3)cc1. The van der Waals surface area contributed by atoms with Crippen LogP contribution in [0.1, 0.15) is 57.8 Å². The van der Waals surface area contributed by atoms with E-state index in [1.54, 1.807) is 24.3 Å². The zero-order valence-corrected chi connectivity index (χ0v) is 19.3. The van der Waals surface area contributed by atoms with Gasteiger partial charge in [0.05, 0.1) is 17.0 Å². The van der Waals surface area contributed by atoms with Gasteiger partial charge in [0.1, 0.15) is 12.4 Å². The van der Waals surface area contributed by atoms with Crippen LogP contribution in [0.5, 0.6) is 5.75 Å². The van der Waals surface area contributed by atoms with Gasteiger partial charge >= 0.3 is 0 Å². The second-order valence-electron chi connectivity index (χ2n) is 9.89. The molecule has 4 fully saturated rings. The van der Waals surface area contributed by atoms with Crippen LogP contribution >= 0.6 is 0 Å². The summed E-state index contributed by atoms with van der Waals surface area (Å²) in [6.07, 6.45) is 8.63. The zero-order chi connectivity index (χ0) is 22.8. The van der Waals surface area contributed by atoms with Crippen LogP contribution in [0.15, 0.2) is 41.1 Å². The van der Waals surface area contributed by atoms with E-state index >= 15 is 0 Å². The minimum atomic E-state index is -3.45. The molecule has 2 bridgehead atoms. The molecule has 0 atom stereocenters. The molecule has 4 aliphatic rings. The summed E-state index contributed by atoms with van der Waals surface area (Å²) in [5.74, 6) is 0.980. The molecule has 0 aliphatic heterocycles. The third kappa shape index (κ3) is 4.86. The number of benzene rings is 1. The maximum Gasteiger partial charge on any atom is 0.223 e. The summed E-state index contributed by atoms with van der Waals surface area (Å²) in [4.78, 5) is 12.7. The van der Waals surface area contributed by atoms with E-state index in [1.807, 2.05) is 0 Å². The Labute approximate surface area is 189 Å². The van der Waals surface area contributed by atoms with E-state index in [9.17, 15) is 17.6 Å². The molecule has 3 N–H and O–H groups in total. The molecule has 8 heteroatoms. The van der Waals surface area contributed by atoms with Gasteiger partial charge in [0.2, 0.25) is 5.91 Å². The molecule has 6 nitrogen and oxygen atoms in total. The van der Waals surface area contributed by atoms with E-state index in [0.717, 1.165) is 57.8 Å². The van der Waals surface area contributed by atoms with E-state index in [1.165, 1.54) is 0 Å². The van der Waals surface area contributed by atoms with Crippen molar-refractivity contribution >= 4 is 15.7 Å². The fourth-order valence-electron chi connectivity index (χ4n) is 5.24. The Hall–Kier alpha value is -1.93. The van der Waals surface area contributed by atoms with Crippen molar-refractivity contribution in [1.82, 2.24) is 5.32 Å². The fraction of sp³-hybridized carbons (Fsp3) is 0.625. The summed E-state index contributed by atoms with van der Waals surface area (Å²) < 4.78 is 44.4. The molecule has 1 amide bonds. The number of amides is 1. The lowest BCUT2D eigenvalue weighted by Gasteiger charge is -2.54. The second-order valence-corrected chi connectivity index (χ2v) is 11.9. The number of carbonyl (C=O) groups is 1. The number of fused-ring (bicyclic) bond motifs is 3. The van der Waals surface area contributed by atoms with Crippen molar-refractivity contribution < 1.29 is 22.3 Å². The van der Waals surface area contributed by atoms with E-state index in [4.69, 9.17) is 10.5 Å². The number of hydrogen-bond acceptors (Lipinski definition) is 5. The van der Waals surface area contributed by atoms with Gasteiger partial charge in [-0.05, 0) is 81.0 Å². The zero-order valence-electron chi connectivity index (χ0n) is 18.4. The molecule has 1 aromatic rings. The maximum atomic E-state index is 13.2. The first-order valence-corrected chi connectivity index (χ1v) is 13.2. The highest BCUT2D eigenvalue weighted by Gasteiger charge is 2.51. The lowest BCUT2D eigenvalue weighted by Crippen LogP contribution is -2.59. The normalized spacial score (nSPS) is 28.2. The quantitative estimate of drug-likeness (QED) is 0.581. The van der Waals surface area contributed by atoms with Crippen molar-refractivity contribution in [2.24, 2.45) is 17.1 Å². The summed E-state index contributed by atoms with van der Waals surface area (Å²) in [6.45, 7) is 0.0951. The van der Waals surface area contributed by atoms with Gasteiger partial charge < -0.3 is 15.8 Å². The summed E-state index contributed by atoms with van der Waals surface area (Å²) in [5, 5.41) is 3.33. The van der Waals surface area contributed by atoms with Gasteiger partial charge in [0.15, 0.2) is 9.84 Å². The number of nitrogens with two attached hydrogens (primary N) is 1. The van der Waals surface area contributed by atoms with Crippen LogP contribution in [0.4, 0.5) is 4.39 Å². The summed E-state index contributed by atoms with van der Waals surface area (Å²) >= 11 is 0. The predicted octanol–water partition coefficient (Wildman–Crippen LogP) is 3.66. The Morgan fingerprint density at radius 3 is 2.25 bits per heavy atom. The smallest absolute Gasteiger partial charge is 0.223 e. The number of hydrogen-bond donors (Lipinski definition) is 2. The third-order valence-corrected chi connectivity index (χ3v) is 9.77. The van der Waals surface area contributed by atoms with Crippen molar-refractivity contribution in [3.8, 4) is 5.75 Å². The van der Waals surface area contributed by atoms with Crippen molar-refractivity contribution in [3.05, 3.63) is 36.2 Å². The number of ether oxygens (including phenoxy) is 1. The number of carbonyl (C=O) groups excluding carboxylic acids is 1. The van der Waals surface area contributed by atoms with Crippen LogP contribution in [-0.2, 0) is 14.6 Å². The first-order valence-electron chi connectivity index (χ1n) is 11.5. The first kappa shape index (κ1) is 23.2. The molecule has 0 aromatic heterocycles. The van der Waals surface area contributed by atoms with Gasteiger partial charge in [-0.3, -0.25) is 4.79 Å². The number of halogens is 1. The minimum Gasteiger partial charge on any atom is -0.489 e. The summed E-state index contributed by atoms with van der Waals surface area (Å²) in [7, 11) is -3.45. The molecular formula is C24H33FN2O4S. The Morgan fingerprint density at radius 2 is 1.75 bits per heavy atom. The Kier molecular flexibility index (Phi) is 6.63. The molecule has 5 rings (SSSR count). The molecule has 0 radical (unpaired) electrons. The van der Waals surface area contributed by atoms with Crippen LogP contribution in [0, 0.1) is 11.3 Å². The minimum absolute atomic E-state index is 0.0290. The van der Waals surface area contributed by atoms with Gasteiger partial charge in [0.25, 0.3) is 0 Å². The average Bonchev–Trinajstić information content (AvgIpc) is 2.74. The molecule has 0 unspecified atom stereocenters. The van der Waals surface area contributed by atoms with Crippen molar-refractivity contribution in [3.63, 3.8) is 0 Å². The molecule has 1 aromatic carbocycles. The second kappa shape index (κ2) is 9.14. The highest BCUT2D eigenvalue weighted by atomic mass is 32.2. The highest BCUT2D eigenvalue weighted by Crippen LogP contribution is 2.53. The van der Waals surface area contributed by atoms with Gasteiger partial charge in [0, 0.05) is 23.6 Å². The number of rotatable bonds is 9. The lowest BCUT2D eigenvalue weighted by atomic mass is 9.58. The molecule has 4 aliphatic carbocycles. The molecule has 176 valence electrons. The van der Waals surface area contributed by atoms with Crippen molar-refractivity contribution in [2.75, 3.05) is 18.9 Å². The monoisotopic (exact) mass is 464 g/mol. The van der Waals surface area contributed by atoms with Crippen molar-refractivity contribution in [2.45, 2.75) is 68.2 Å². The molecule has 0 saturated heterocycles. The lowest BCUT2D eigenvalue weighted by molar-refractivity contribution is -0.131. The van der Waals surface area contributed by atoms with E-state index < -0.39 is 9.84 Å². The largest absolute Gasteiger partial charge is 0.489 e. The Bertz CT molecular complexity index is 946. The first-order chi connectivity index (χ1) is 15.3. The van der Waals surface area contributed by atoms with Crippen molar-refractivity contribution in [1.29, 1.82) is 0 Å². The molecular weight excluding hydrogens is 431 g/mol. The van der Waals surface area contributed by atoms with Gasteiger partial charge in [-0.1, -0.05) is 6.42 Å². The molecule has 0 heterocycles. The number of nitrogens with one attached hydrogen (secondary N) is 1. The van der Waals surface area contributed by atoms with Crippen LogP contribution in [0.2, 0.25) is 0 Å². The van der Waals surface area contributed by atoms with Crippen LogP contribution in [-0.4, -0.2) is 38.8 Å². The van der Waals surface area contributed by atoms with Crippen LogP contribution in [0.25, 0.3) is 0 Å². The Morgan fingerprint density at radius 1 is 1.12 bits per heavy atom.